The summed E-state index contributed by atoms with van der Waals surface area (Å²) in [6, 6.07) is 2.19. The number of nitrogens with zero attached hydrogens (tertiary/aromatic N) is 1. The van der Waals surface area contributed by atoms with Crippen LogP contribution in [0.4, 0.5) is 10.1 Å². The Hall–Kier alpha value is -1.95. The topological polar surface area (TPSA) is 64.4 Å². The minimum atomic E-state index is -0.746. The van der Waals surface area contributed by atoms with E-state index in [-0.39, 0.29) is 18.0 Å². The highest BCUT2D eigenvalue weighted by molar-refractivity contribution is 5.45. The van der Waals surface area contributed by atoms with Crippen molar-refractivity contribution in [2.24, 2.45) is 0 Å². The number of halogens is 1. The van der Waals surface area contributed by atoms with E-state index in [0.717, 1.165) is 11.6 Å². The Morgan fingerprint density at radius 3 is 2.83 bits per heavy atom. The molecule has 0 aliphatic carbocycles. The van der Waals surface area contributed by atoms with E-state index >= 15 is 0 Å². The Balaban J connectivity index is 2.82. The second-order valence-corrected chi connectivity index (χ2v) is 3.90. The zero-order valence-electron chi connectivity index (χ0n) is 10.3. The summed E-state index contributed by atoms with van der Waals surface area (Å²) in [6.07, 6.45) is 0. The van der Waals surface area contributed by atoms with Crippen molar-refractivity contribution in [2.75, 3.05) is 20.2 Å². The predicted octanol–water partition coefficient (Wildman–Crippen LogP) is 2.20. The summed E-state index contributed by atoms with van der Waals surface area (Å²) < 4.78 is 18.8. The first-order valence-corrected chi connectivity index (χ1v) is 5.34. The van der Waals surface area contributed by atoms with Crippen LogP contribution in [0.3, 0.4) is 0 Å². The number of aryl methyl sites for hydroxylation is 1. The standard InChI is InChI=1S/C12H15FN2O3/c1-8(6-14-3)7-18-12-4-9(2)11(15(16)17)5-10(12)13/h4-5,14H,1,6-7H2,2-3H3. The Bertz CT molecular complexity index is 475. The number of hydrogen-bond acceptors (Lipinski definition) is 4. The van der Waals surface area contributed by atoms with Crippen LogP contribution in [0.5, 0.6) is 5.75 Å². The molecule has 18 heavy (non-hydrogen) atoms. The quantitative estimate of drug-likeness (QED) is 0.480. The molecule has 0 aliphatic rings. The minimum Gasteiger partial charge on any atom is -0.486 e. The summed E-state index contributed by atoms with van der Waals surface area (Å²) >= 11 is 0. The molecule has 1 aromatic carbocycles. The van der Waals surface area contributed by atoms with E-state index < -0.39 is 10.7 Å². The molecular formula is C12H15FN2O3. The third-order valence-corrected chi connectivity index (χ3v) is 2.31. The van der Waals surface area contributed by atoms with Crippen LogP contribution >= 0.6 is 0 Å². The molecular weight excluding hydrogens is 239 g/mol. The lowest BCUT2D eigenvalue weighted by Gasteiger charge is -2.10. The third-order valence-electron chi connectivity index (χ3n) is 2.31. The third kappa shape index (κ3) is 3.53. The fraction of sp³-hybridized carbons (Fsp3) is 0.333. The number of ether oxygens (including phenoxy) is 1. The molecule has 0 amide bonds. The van der Waals surface area contributed by atoms with Gasteiger partial charge >= 0.3 is 0 Å². The molecule has 0 bridgehead atoms. The van der Waals surface area contributed by atoms with Gasteiger partial charge in [0.25, 0.3) is 5.69 Å². The Kier molecular flexibility index (Phi) is 4.79. The zero-order valence-corrected chi connectivity index (χ0v) is 10.3. The average molecular weight is 254 g/mol. The molecule has 0 heterocycles. The molecule has 0 aromatic heterocycles. The van der Waals surface area contributed by atoms with E-state index in [1.165, 1.54) is 13.0 Å². The van der Waals surface area contributed by atoms with Crippen LogP contribution in [-0.2, 0) is 0 Å². The molecule has 0 saturated heterocycles. The molecule has 5 nitrogen and oxygen atoms in total. The van der Waals surface area contributed by atoms with Gasteiger partial charge in [0.1, 0.15) is 6.61 Å². The fourth-order valence-electron chi connectivity index (χ4n) is 1.43. The van der Waals surface area contributed by atoms with Crippen LogP contribution in [0.25, 0.3) is 0 Å². The second kappa shape index (κ2) is 6.11. The van der Waals surface area contributed by atoms with Gasteiger partial charge in [0.2, 0.25) is 0 Å². The summed E-state index contributed by atoms with van der Waals surface area (Å²) in [5, 5.41) is 13.5. The number of nitrogens with one attached hydrogen (secondary N) is 1. The Labute approximate surface area is 104 Å². The van der Waals surface area contributed by atoms with Crippen molar-refractivity contribution in [3.8, 4) is 5.75 Å². The lowest BCUT2D eigenvalue weighted by Crippen LogP contribution is -2.15. The first-order chi connectivity index (χ1) is 8.45. The van der Waals surface area contributed by atoms with Crippen LogP contribution in [0, 0.1) is 22.9 Å². The van der Waals surface area contributed by atoms with E-state index in [1.807, 2.05) is 0 Å². The molecule has 0 atom stereocenters. The molecule has 0 fully saturated rings. The zero-order chi connectivity index (χ0) is 13.7. The predicted molar refractivity (Wildman–Crippen MR) is 66.4 cm³/mol. The van der Waals surface area contributed by atoms with Crippen LogP contribution in [0.15, 0.2) is 24.3 Å². The summed E-state index contributed by atoms with van der Waals surface area (Å²) in [6.45, 7) is 6.00. The SMILES string of the molecule is C=C(CNC)COc1cc(C)c([N+](=O)[O-])cc1F. The van der Waals surface area contributed by atoms with Gasteiger partial charge in [0, 0.05) is 12.1 Å². The van der Waals surface area contributed by atoms with Gasteiger partial charge in [0.15, 0.2) is 11.6 Å². The molecule has 0 spiro atoms. The van der Waals surface area contributed by atoms with Gasteiger partial charge in [-0.3, -0.25) is 10.1 Å². The summed E-state index contributed by atoms with van der Waals surface area (Å²) in [4.78, 5) is 9.99. The number of nitro groups is 1. The van der Waals surface area contributed by atoms with Crippen molar-refractivity contribution in [3.05, 3.63) is 45.8 Å². The largest absolute Gasteiger partial charge is 0.486 e. The molecule has 0 saturated carbocycles. The van der Waals surface area contributed by atoms with E-state index in [4.69, 9.17) is 4.74 Å². The van der Waals surface area contributed by atoms with Gasteiger partial charge < -0.3 is 10.1 Å². The van der Waals surface area contributed by atoms with Crippen molar-refractivity contribution in [3.63, 3.8) is 0 Å². The van der Waals surface area contributed by atoms with Gasteiger partial charge in [-0.05, 0) is 25.6 Å². The molecule has 98 valence electrons. The first kappa shape index (κ1) is 14.1. The Morgan fingerprint density at radius 2 is 2.28 bits per heavy atom. The lowest BCUT2D eigenvalue weighted by atomic mass is 10.2. The smallest absolute Gasteiger partial charge is 0.275 e. The van der Waals surface area contributed by atoms with Crippen LogP contribution < -0.4 is 10.1 Å². The molecule has 0 aliphatic heterocycles. The molecule has 0 radical (unpaired) electrons. The molecule has 1 N–H and O–H groups in total. The van der Waals surface area contributed by atoms with Gasteiger partial charge in [-0.1, -0.05) is 6.58 Å². The van der Waals surface area contributed by atoms with Crippen LogP contribution in [0.2, 0.25) is 0 Å². The summed E-state index contributed by atoms with van der Waals surface area (Å²) in [7, 11) is 1.77. The van der Waals surface area contributed by atoms with E-state index in [0.29, 0.717) is 12.1 Å². The molecule has 0 unspecified atom stereocenters. The van der Waals surface area contributed by atoms with E-state index in [1.54, 1.807) is 7.05 Å². The van der Waals surface area contributed by atoms with Crippen molar-refractivity contribution in [1.82, 2.24) is 5.32 Å². The fourth-order valence-corrected chi connectivity index (χ4v) is 1.43. The average Bonchev–Trinajstić information content (AvgIpc) is 2.29. The first-order valence-electron chi connectivity index (χ1n) is 5.34. The van der Waals surface area contributed by atoms with Crippen molar-refractivity contribution in [1.29, 1.82) is 0 Å². The number of nitro benzene ring substituents is 1. The van der Waals surface area contributed by atoms with Crippen molar-refractivity contribution >= 4 is 5.69 Å². The molecule has 1 rings (SSSR count). The van der Waals surface area contributed by atoms with E-state index in [9.17, 15) is 14.5 Å². The van der Waals surface area contributed by atoms with Crippen molar-refractivity contribution < 1.29 is 14.1 Å². The van der Waals surface area contributed by atoms with Gasteiger partial charge in [-0.25, -0.2) is 4.39 Å². The second-order valence-electron chi connectivity index (χ2n) is 3.90. The number of benzene rings is 1. The molecule has 6 heteroatoms. The highest BCUT2D eigenvalue weighted by Crippen LogP contribution is 2.27. The lowest BCUT2D eigenvalue weighted by molar-refractivity contribution is -0.385. The molecule has 1 aromatic rings. The maximum atomic E-state index is 13.6. The summed E-state index contributed by atoms with van der Waals surface area (Å²) in [5.41, 5.74) is 0.859. The van der Waals surface area contributed by atoms with Gasteiger partial charge in [-0.15, -0.1) is 0 Å². The Morgan fingerprint density at radius 1 is 1.61 bits per heavy atom. The monoisotopic (exact) mass is 254 g/mol. The number of likely N-dealkylation sites (N-methyl/N-ethyl adjacent to an activating group) is 1. The number of rotatable bonds is 6. The highest BCUT2D eigenvalue weighted by Gasteiger charge is 2.16. The highest BCUT2D eigenvalue weighted by atomic mass is 19.1. The number of hydrogen-bond donors (Lipinski definition) is 1. The maximum absolute atomic E-state index is 13.6. The minimum absolute atomic E-state index is 0.00430. The van der Waals surface area contributed by atoms with Crippen molar-refractivity contribution in [2.45, 2.75) is 6.92 Å². The van der Waals surface area contributed by atoms with Gasteiger partial charge in [0.05, 0.1) is 11.0 Å². The normalized spacial score (nSPS) is 10.2. The van der Waals surface area contributed by atoms with Crippen LogP contribution in [0.1, 0.15) is 5.56 Å². The van der Waals surface area contributed by atoms with E-state index in [2.05, 4.69) is 11.9 Å². The van der Waals surface area contributed by atoms with Crippen LogP contribution in [-0.4, -0.2) is 25.1 Å². The summed E-state index contributed by atoms with van der Waals surface area (Å²) in [5.74, 6) is -0.750. The van der Waals surface area contributed by atoms with Gasteiger partial charge in [-0.2, -0.15) is 0 Å². The maximum Gasteiger partial charge on any atom is 0.275 e.